The van der Waals surface area contributed by atoms with Crippen LogP contribution in [-0.4, -0.2) is 49.4 Å². The van der Waals surface area contributed by atoms with Gasteiger partial charge in [-0.3, -0.25) is 9.59 Å². The Balaban J connectivity index is 1.41. The van der Waals surface area contributed by atoms with E-state index in [2.05, 4.69) is 53.9 Å². The fourth-order valence-corrected chi connectivity index (χ4v) is 5.50. The van der Waals surface area contributed by atoms with E-state index in [1.807, 2.05) is 29.2 Å². The molecule has 34 heavy (non-hydrogen) atoms. The Labute approximate surface area is 201 Å². The van der Waals surface area contributed by atoms with Crippen LogP contribution in [0.15, 0.2) is 72.8 Å². The fraction of sp³-hybridized carbons (Fsp3) is 0.379. The SMILES string of the molecule is CC(=O)C1C=CC(c2ccccc2[C@@H]2CNC[C@H]2C(=O)N2CCOC[C@@H]2c2ccccc2)=CC1. The van der Waals surface area contributed by atoms with E-state index in [9.17, 15) is 9.59 Å². The number of nitrogens with one attached hydrogen (secondary N) is 1. The molecule has 2 aromatic carbocycles. The van der Waals surface area contributed by atoms with Gasteiger partial charge in [0.1, 0.15) is 5.78 Å². The van der Waals surface area contributed by atoms with Crippen molar-refractivity contribution in [1.82, 2.24) is 10.2 Å². The lowest BCUT2D eigenvalue weighted by Crippen LogP contribution is -2.47. The molecule has 2 fully saturated rings. The molecule has 4 atom stereocenters. The predicted molar refractivity (Wildman–Crippen MR) is 133 cm³/mol. The molecule has 176 valence electrons. The minimum absolute atomic E-state index is 0.0328. The van der Waals surface area contributed by atoms with Gasteiger partial charge in [-0.1, -0.05) is 72.8 Å². The third-order valence-electron chi connectivity index (χ3n) is 7.42. The van der Waals surface area contributed by atoms with Crippen molar-refractivity contribution in [2.45, 2.75) is 25.3 Å². The van der Waals surface area contributed by atoms with Gasteiger partial charge >= 0.3 is 0 Å². The van der Waals surface area contributed by atoms with Gasteiger partial charge in [-0.05, 0) is 35.6 Å². The highest BCUT2D eigenvalue weighted by atomic mass is 16.5. The molecule has 1 amide bonds. The first-order valence-corrected chi connectivity index (χ1v) is 12.3. The minimum Gasteiger partial charge on any atom is -0.377 e. The number of amides is 1. The van der Waals surface area contributed by atoms with E-state index in [1.165, 1.54) is 5.56 Å². The zero-order valence-electron chi connectivity index (χ0n) is 19.7. The van der Waals surface area contributed by atoms with Crippen LogP contribution >= 0.6 is 0 Å². The molecule has 2 aromatic rings. The lowest BCUT2D eigenvalue weighted by atomic mass is 9.81. The second-order valence-electron chi connectivity index (χ2n) is 9.46. The number of allylic oxidation sites excluding steroid dienone is 4. The van der Waals surface area contributed by atoms with Crippen LogP contribution in [0.2, 0.25) is 0 Å². The summed E-state index contributed by atoms with van der Waals surface area (Å²) in [4.78, 5) is 27.7. The molecule has 5 rings (SSSR count). The first-order chi connectivity index (χ1) is 16.6. The first kappa shape index (κ1) is 22.8. The molecule has 5 heteroatoms. The molecule has 2 heterocycles. The normalized spacial score (nSPS) is 26.9. The monoisotopic (exact) mass is 456 g/mol. The van der Waals surface area contributed by atoms with Crippen molar-refractivity contribution < 1.29 is 14.3 Å². The summed E-state index contributed by atoms with van der Waals surface area (Å²) < 4.78 is 5.77. The minimum atomic E-state index is -0.122. The number of ether oxygens (including phenoxy) is 1. The number of benzene rings is 2. The lowest BCUT2D eigenvalue weighted by molar-refractivity contribution is -0.144. The van der Waals surface area contributed by atoms with Crippen LogP contribution in [0, 0.1) is 11.8 Å². The fourth-order valence-electron chi connectivity index (χ4n) is 5.50. The van der Waals surface area contributed by atoms with Crippen molar-refractivity contribution >= 4 is 17.3 Å². The molecule has 0 radical (unpaired) electrons. The maximum absolute atomic E-state index is 13.9. The summed E-state index contributed by atoms with van der Waals surface area (Å²) in [5, 5.41) is 3.49. The Bertz CT molecular complexity index is 1110. The number of carbonyl (C=O) groups is 2. The second-order valence-corrected chi connectivity index (χ2v) is 9.46. The summed E-state index contributed by atoms with van der Waals surface area (Å²) in [6.45, 7) is 4.83. The Morgan fingerprint density at radius 2 is 1.82 bits per heavy atom. The number of nitrogens with zero attached hydrogens (tertiary/aromatic N) is 1. The van der Waals surface area contributed by atoms with Crippen LogP contribution < -0.4 is 5.32 Å². The van der Waals surface area contributed by atoms with Crippen LogP contribution in [0.3, 0.4) is 0 Å². The van der Waals surface area contributed by atoms with Gasteiger partial charge in [0.05, 0.1) is 25.2 Å². The highest BCUT2D eigenvalue weighted by Crippen LogP contribution is 2.38. The van der Waals surface area contributed by atoms with E-state index in [0.29, 0.717) is 26.3 Å². The first-order valence-electron chi connectivity index (χ1n) is 12.3. The van der Waals surface area contributed by atoms with Gasteiger partial charge < -0.3 is 15.0 Å². The van der Waals surface area contributed by atoms with Crippen molar-refractivity contribution in [3.05, 3.63) is 89.5 Å². The molecular weight excluding hydrogens is 424 g/mol. The van der Waals surface area contributed by atoms with E-state index < -0.39 is 0 Å². The second kappa shape index (κ2) is 10.1. The van der Waals surface area contributed by atoms with Gasteiger partial charge in [0, 0.05) is 31.5 Å². The van der Waals surface area contributed by atoms with Crippen molar-refractivity contribution in [3.8, 4) is 0 Å². The third-order valence-corrected chi connectivity index (χ3v) is 7.42. The highest BCUT2D eigenvalue weighted by molar-refractivity contribution is 5.86. The molecule has 2 aliphatic heterocycles. The van der Waals surface area contributed by atoms with Gasteiger partial charge in [0.25, 0.3) is 0 Å². The standard InChI is InChI=1S/C29H32N2O3/c1-20(32)21-11-13-22(14-12-21)24-9-5-6-10-25(24)26-17-30-18-27(26)29(33)31-15-16-34-19-28(31)23-7-3-2-4-8-23/h2-11,13-14,21,26-28,30H,12,15-19H2,1H3/t21?,26-,27+,28+/m0/s1. The summed E-state index contributed by atoms with van der Waals surface area (Å²) in [5.41, 5.74) is 4.62. The number of hydrogen-bond acceptors (Lipinski definition) is 4. The van der Waals surface area contributed by atoms with Gasteiger partial charge in [0.2, 0.25) is 5.91 Å². The topological polar surface area (TPSA) is 58.6 Å². The third kappa shape index (κ3) is 4.50. The molecule has 0 spiro atoms. The van der Waals surface area contributed by atoms with Crippen molar-refractivity contribution in [2.75, 3.05) is 32.8 Å². The molecule has 5 nitrogen and oxygen atoms in total. The zero-order chi connectivity index (χ0) is 23.5. The van der Waals surface area contributed by atoms with Crippen molar-refractivity contribution in [2.24, 2.45) is 11.8 Å². The van der Waals surface area contributed by atoms with Gasteiger partial charge in [-0.15, -0.1) is 0 Å². The van der Waals surface area contributed by atoms with Crippen LogP contribution in [0.25, 0.3) is 5.57 Å². The predicted octanol–water partition coefficient (Wildman–Crippen LogP) is 4.14. The Morgan fingerprint density at radius 3 is 2.59 bits per heavy atom. The van der Waals surface area contributed by atoms with Gasteiger partial charge in [-0.2, -0.15) is 0 Å². The van der Waals surface area contributed by atoms with Crippen molar-refractivity contribution in [1.29, 1.82) is 0 Å². The van der Waals surface area contributed by atoms with E-state index >= 15 is 0 Å². The Morgan fingerprint density at radius 1 is 1.03 bits per heavy atom. The summed E-state index contributed by atoms with van der Waals surface area (Å²) in [6.07, 6.45) is 6.98. The maximum atomic E-state index is 13.9. The van der Waals surface area contributed by atoms with E-state index in [1.54, 1.807) is 6.92 Å². The molecule has 3 aliphatic rings. The van der Waals surface area contributed by atoms with Crippen LogP contribution in [0.5, 0.6) is 0 Å². The molecule has 0 saturated carbocycles. The molecule has 1 unspecified atom stereocenters. The van der Waals surface area contributed by atoms with Gasteiger partial charge in [0.15, 0.2) is 0 Å². The Kier molecular flexibility index (Phi) is 6.75. The molecule has 0 aromatic heterocycles. The highest BCUT2D eigenvalue weighted by Gasteiger charge is 2.40. The molecule has 1 N–H and O–H groups in total. The summed E-state index contributed by atoms with van der Waals surface area (Å²) >= 11 is 0. The molecule has 0 bridgehead atoms. The summed E-state index contributed by atoms with van der Waals surface area (Å²) in [7, 11) is 0. The van der Waals surface area contributed by atoms with Gasteiger partial charge in [-0.25, -0.2) is 0 Å². The van der Waals surface area contributed by atoms with Crippen molar-refractivity contribution in [3.63, 3.8) is 0 Å². The lowest BCUT2D eigenvalue weighted by Gasteiger charge is -2.38. The number of hydrogen-bond donors (Lipinski definition) is 1. The number of carbonyl (C=O) groups excluding carboxylic acids is 2. The number of Topliss-reactive ketones (excluding diaryl/α,β-unsaturated/α-hetero) is 1. The van der Waals surface area contributed by atoms with E-state index in [4.69, 9.17) is 4.74 Å². The van der Waals surface area contributed by atoms with Crippen LogP contribution in [0.4, 0.5) is 0 Å². The summed E-state index contributed by atoms with van der Waals surface area (Å²) in [5.74, 6) is 0.344. The zero-order valence-corrected chi connectivity index (χ0v) is 19.7. The number of morpholine rings is 1. The molecular formula is C29H32N2O3. The molecule has 1 aliphatic carbocycles. The largest absolute Gasteiger partial charge is 0.377 e. The quantitative estimate of drug-likeness (QED) is 0.735. The number of rotatable bonds is 5. The smallest absolute Gasteiger partial charge is 0.228 e. The summed E-state index contributed by atoms with van der Waals surface area (Å²) in [6, 6.07) is 18.6. The average molecular weight is 457 g/mol. The van der Waals surface area contributed by atoms with E-state index in [0.717, 1.165) is 29.7 Å². The van der Waals surface area contributed by atoms with Crippen LogP contribution in [0.1, 0.15) is 42.0 Å². The average Bonchev–Trinajstić information content (AvgIpc) is 3.39. The van der Waals surface area contributed by atoms with Crippen LogP contribution in [-0.2, 0) is 14.3 Å². The maximum Gasteiger partial charge on any atom is 0.228 e. The number of ketones is 1. The van der Waals surface area contributed by atoms with E-state index in [-0.39, 0.29) is 35.5 Å². The molecule has 2 saturated heterocycles. The Hall–Kier alpha value is -3.02.